The zero-order chi connectivity index (χ0) is 15.6. The van der Waals surface area contributed by atoms with E-state index in [1.54, 1.807) is 30.3 Å². The van der Waals surface area contributed by atoms with Gasteiger partial charge < -0.3 is 9.84 Å². The number of hydrogen-bond donors (Lipinski definition) is 1. The number of carboxylic acid groups (broad SMARTS) is 1. The van der Waals surface area contributed by atoms with Crippen molar-refractivity contribution in [3.05, 3.63) is 56.8 Å². The highest BCUT2D eigenvalue weighted by Crippen LogP contribution is 2.44. The first-order chi connectivity index (χ1) is 9.91. The summed E-state index contributed by atoms with van der Waals surface area (Å²) in [5.74, 6) is -1.96. The van der Waals surface area contributed by atoms with Gasteiger partial charge in [0.25, 0.3) is 0 Å². The van der Waals surface area contributed by atoms with Crippen molar-refractivity contribution in [3.63, 3.8) is 0 Å². The molecule has 0 aliphatic carbocycles. The largest absolute Gasteiger partial charge is 0.481 e. The summed E-state index contributed by atoms with van der Waals surface area (Å²) in [7, 11) is 0. The topological polar surface area (TPSA) is 46.5 Å². The minimum Gasteiger partial charge on any atom is -0.481 e. The second kappa shape index (κ2) is 6.52. The maximum Gasteiger partial charge on any atom is 0.307 e. The van der Waals surface area contributed by atoms with Crippen LogP contribution in [0.3, 0.4) is 0 Å². The normalized spacial score (nSPS) is 10.5. The predicted molar refractivity (Wildman–Crippen MR) is 79.3 cm³/mol. The first kappa shape index (κ1) is 15.9. The Bertz CT molecular complexity index is 690. The van der Waals surface area contributed by atoms with Crippen LogP contribution in [0, 0.1) is 5.82 Å². The van der Waals surface area contributed by atoms with E-state index in [1.807, 2.05) is 0 Å². The third kappa shape index (κ3) is 3.40. The number of para-hydroxylation sites is 1. The zero-order valence-electron chi connectivity index (χ0n) is 10.4. The van der Waals surface area contributed by atoms with Crippen molar-refractivity contribution < 1.29 is 19.0 Å². The van der Waals surface area contributed by atoms with Crippen molar-refractivity contribution in [2.24, 2.45) is 0 Å². The molecule has 2 rings (SSSR count). The Morgan fingerprint density at radius 1 is 1.10 bits per heavy atom. The monoisotopic (exact) mass is 348 g/mol. The van der Waals surface area contributed by atoms with Gasteiger partial charge in [-0.3, -0.25) is 4.79 Å². The van der Waals surface area contributed by atoms with Gasteiger partial charge in [-0.1, -0.05) is 53.0 Å². The van der Waals surface area contributed by atoms with Crippen LogP contribution in [0.5, 0.6) is 11.5 Å². The smallest absolute Gasteiger partial charge is 0.307 e. The second-order valence-corrected chi connectivity index (χ2v) is 5.18. The molecule has 21 heavy (non-hydrogen) atoms. The fourth-order valence-corrected chi connectivity index (χ4v) is 2.58. The Labute approximate surface area is 134 Å². The van der Waals surface area contributed by atoms with Gasteiger partial charge in [-0.25, -0.2) is 4.39 Å². The summed E-state index contributed by atoms with van der Waals surface area (Å²) < 4.78 is 19.4. The summed E-state index contributed by atoms with van der Waals surface area (Å²) in [6, 6.07) is 8.43. The molecule has 0 unspecified atom stereocenters. The van der Waals surface area contributed by atoms with Crippen LogP contribution in [-0.4, -0.2) is 11.1 Å². The molecule has 0 fully saturated rings. The molecule has 0 heterocycles. The first-order valence-electron chi connectivity index (χ1n) is 5.71. The summed E-state index contributed by atoms with van der Waals surface area (Å²) in [5.41, 5.74) is -0.0846. The van der Waals surface area contributed by atoms with Gasteiger partial charge in [-0.15, -0.1) is 0 Å². The molecule has 2 aromatic carbocycles. The highest BCUT2D eigenvalue weighted by atomic mass is 35.5. The fraction of sp³-hybridized carbons (Fsp3) is 0.0714. The van der Waals surface area contributed by atoms with Crippen LogP contribution in [-0.2, 0) is 11.2 Å². The van der Waals surface area contributed by atoms with E-state index in [0.29, 0.717) is 5.75 Å². The Kier molecular flexibility index (Phi) is 4.93. The number of carboxylic acids is 1. The van der Waals surface area contributed by atoms with Gasteiger partial charge in [-0.05, 0) is 12.1 Å². The average molecular weight is 350 g/mol. The molecule has 0 aliphatic rings. The predicted octanol–water partition coefficient (Wildman–Crippen LogP) is 5.21. The Balaban J connectivity index is 2.55. The molecule has 7 heteroatoms. The average Bonchev–Trinajstić information content (AvgIpc) is 2.47. The number of ether oxygens (including phenoxy) is 1. The minimum atomic E-state index is -1.20. The van der Waals surface area contributed by atoms with Crippen LogP contribution in [0.1, 0.15) is 5.56 Å². The molecule has 0 aliphatic heterocycles. The lowest BCUT2D eigenvalue weighted by Crippen LogP contribution is -2.04. The van der Waals surface area contributed by atoms with Gasteiger partial charge in [0.05, 0.1) is 16.5 Å². The fourth-order valence-electron chi connectivity index (χ4n) is 1.66. The molecule has 1 N–H and O–H groups in total. The lowest BCUT2D eigenvalue weighted by atomic mass is 10.1. The van der Waals surface area contributed by atoms with E-state index in [-0.39, 0.29) is 16.3 Å². The van der Waals surface area contributed by atoms with E-state index < -0.39 is 28.3 Å². The van der Waals surface area contributed by atoms with Gasteiger partial charge in [-0.2, -0.15) is 0 Å². The second-order valence-electron chi connectivity index (χ2n) is 4.05. The quantitative estimate of drug-likeness (QED) is 0.609. The van der Waals surface area contributed by atoms with Gasteiger partial charge in [0.1, 0.15) is 10.8 Å². The molecule has 0 saturated carbocycles. The molecule has 0 amide bonds. The summed E-state index contributed by atoms with van der Waals surface area (Å²) in [6.45, 7) is 0. The van der Waals surface area contributed by atoms with E-state index >= 15 is 0 Å². The third-order valence-electron chi connectivity index (χ3n) is 2.61. The van der Waals surface area contributed by atoms with E-state index in [4.69, 9.17) is 44.6 Å². The zero-order valence-corrected chi connectivity index (χ0v) is 12.6. The molecule has 2 aromatic rings. The summed E-state index contributed by atoms with van der Waals surface area (Å²) in [6.07, 6.45) is -0.545. The Morgan fingerprint density at radius 3 is 2.29 bits per heavy atom. The van der Waals surface area contributed by atoms with Gasteiger partial charge in [0.2, 0.25) is 0 Å². The van der Waals surface area contributed by atoms with Crippen LogP contribution in [0.2, 0.25) is 15.1 Å². The first-order valence-corrected chi connectivity index (χ1v) is 6.84. The summed E-state index contributed by atoms with van der Waals surface area (Å²) in [5, 5.41) is 7.89. The van der Waals surface area contributed by atoms with Crippen LogP contribution in [0.25, 0.3) is 0 Å². The van der Waals surface area contributed by atoms with E-state index in [1.165, 1.54) is 0 Å². The molecule has 0 aromatic heterocycles. The standard InChI is InChI=1S/C14H8Cl3FO3/c15-10-8(6-9(19)20)11(16)14(12(17)13(10)18)21-7-4-2-1-3-5-7/h1-5H,6H2,(H,19,20). The lowest BCUT2D eigenvalue weighted by Gasteiger charge is -2.14. The molecule has 0 spiro atoms. The molecule has 0 bridgehead atoms. The number of hydrogen-bond acceptors (Lipinski definition) is 2. The molecular weight excluding hydrogens is 342 g/mol. The van der Waals surface area contributed by atoms with Crippen LogP contribution >= 0.6 is 34.8 Å². The lowest BCUT2D eigenvalue weighted by molar-refractivity contribution is -0.136. The summed E-state index contributed by atoms with van der Waals surface area (Å²) >= 11 is 17.7. The molecule has 3 nitrogen and oxygen atoms in total. The number of carbonyl (C=O) groups is 1. The molecule has 0 radical (unpaired) electrons. The van der Waals surface area contributed by atoms with Crippen molar-refractivity contribution in [1.29, 1.82) is 0 Å². The highest BCUT2D eigenvalue weighted by molar-refractivity contribution is 6.41. The third-order valence-corrected chi connectivity index (χ3v) is 3.74. The van der Waals surface area contributed by atoms with E-state index in [0.717, 1.165) is 0 Å². The van der Waals surface area contributed by atoms with Gasteiger partial charge in [0.15, 0.2) is 11.6 Å². The Hall–Kier alpha value is -1.49. The SMILES string of the molecule is O=C(O)Cc1c(Cl)c(F)c(Cl)c(Oc2ccccc2)c1Cl. The number of rotatable bonds is 4. The molecule has 110 valence electrons. The minimum absolute atomic E-state index is 0.0846. The van der Waals surface area contributed by atoms with Gasteiger partial charge >= 0.3 is 5.97 Å². The van der Waals surface area contributed by atoms with E-state index in [2.05, 4.69) is 0 Å². The molecule has 0 atom stereocenters. The van der Waals surface area contributed by atoms with Crippen LogP contribution < -0.4 is 4.74 Å². The summed E-state index contributed by atoms with van der Waals surface area (Å²) in [4.78, 5) is 10.8. The molecule has 0 saturated heterocycles. The van der Waals surface area contributed by atoms with Crippen molar-refractivity contribution in [3.8, 4) is 11.5 Å². The van der Waals surface area contributed by atoms with Crippen molar-refractivity contribution in [1.82, 2.24) is 0 Å². The number of benzene rings is 2. The maximum atomic E-state index is 14.0. The Morgan fingerprint density at radius 2 is 1.71 bits per heavy atom. The van der Waals surface area contributed by atoms with Crippen LogP contribution in [0.15, 0.2) is 30.3 Å². The van der Waals surface area contributed by atoms with Crippen LogP contribution in [0.4, 0.5) is 4.39 Å². The van der Waals surface area contributed by atoms with E-state index in [9.17, 15) is 9.18 Å². The number of halogens is 4. The van der Waals surface area contributed by atoms with Gasteiger partial charge in [0, 0.05) is 5.56 Å². The maximum absolute atomic E-state index is 14.0. The van der Waals surface area contributed by atoms with Crippen molar-refractivity contribution >= 4 is 40.8 Å². The van der Waals surface area contributed by atoms with Crippen molar-refractivity contribution in [2.75, 3.05) is 0 Å². The highest BCUT2D eigenvalue weighted by Gasteiger charge is 2.24. The number of aliphatic carboxylic acids is 1. The molecular formula is C14H8Cl3FO3. The van der Waals surface area contributed by atoms with Crippen molar-refractivity contribution in [2.45, 2.75) is 6.42 Å².